The third kappa shape index (κ3) is 5.70. The highest BCUT2D eigenvalue weighted by molar-refractivity contribution is 14.1. The largest absolute Gasteiger partial charge is 0.482 e. The number of aldehydes is 1. The van der Waals surface area contributed by atoms with Gasteiger partial charge in [0.15, 0.2) is 6.61 Å². The normalized spacial score (nSPS) is 19.6. The van der Waals surface area contributed by atoms with Gasteiger partial charge in [-0.3, -0.25) is 14.5 Å². The molecule has 2 aromatic carbocycles. The maximum Gasteiger partial charge on any atom is 0.260 e. The van der Waals surface area contributed by atoms with Gasteiger partial charge in [0.2, 0.25) is 0 Å². The first-order chi connectivity index (χ1) is 14.3. The van der Waals surface area contributed by atoms with Crippen molar-refractivity contribution in [2.45, 2.75) is 32.5 Å². The van der Waals surface area contributed by atoms with Gasteiger partial charge in [-0.15, -0.1) is 0 Å². The van der Waals surface area contributed by atoms with E-state index in [0.717, 1.165) is 32.1 Å². The molecule has 1 aliphatic rings. The predicted molar refractivity (Wildman–Crippen MR) is 130 cm³/mol. The second-order valence-electron chi connectivity index (χ2n) is 7.52. The molecule has 5 nitrogen and oxygen atoms in total. The van der Waals surface area contributed by atoms with Crippen LogP contribution in [0.1, 0.15) is 29.8 Å². The zero-order chi connectivity index (χ0) is 21.8. The lowest BCUT2D eigenvalue weighted by molar-refractivity contribution is -0.139. The zero-order valence-electron chi connectivity index (χ0n) is 16.8. The fourth-order valence-corrected chi connectivity index (χ4v) is 5.72. The van der Waals surface area contributed by atoms with Crippen molar-refractivity contribution in [2.75, 3.05) is 19.7 Å². The second-order valence-corrected chi connectivity index (χ2v) is 9.84. The molecule has 1 fully saturated rings. The molecule has 30 heavy (non-hydrogen) atoms. The number of hydrogen-bond acceptors (Lipinski definition) is 4. The summed E-state index contributed by atoms with van der Waals surface area (Å²) in [6.45, 7) is 6.18. The van der Waals surface area contributed by atoms with Gasteiger partial charge in [-0.2, -0.15) is 0 Å². The first kappa shape index (κ1) is 23.4. The molecule has 0 aromatic heterocycles. The highest BCUT2D eigenvalue weighted by Crippen LogP contribution is 2.29. The standard InChI is InChI=1S/C22H23FI2N2O3/c1-14-10-27(15(2)9-26(14)11-16-3-5-18(23)6-4-16)21(29)13-30-22-19(24)7-17(12-28)8-20(22)25/h3-8,12,14-15H,9-11,13H2,1-2H3/t14-,15+/m0/s1. The summed E-state index contributed by atoms with van der Waals surface area (Å²) in [5, 5.41) is 0. The first-order valence-corrected chi connectivity index (χ1v) is 11.8. The van der Waals surface area contributed by atoms with Crippen LogP contribution in [-0.4, -0.2) is 53.8 Å². The number of halogens is 3. The molecule has 1 amide bonds. The summed E-state index contributed by atoms with van der Waals surface area (Å²) >= 11 is 4.23. The topological polar surface area (TPSA) is 49.9 Å². The summed E-state index contributed by atoms with van der Waals surface area (Å²) in [5.74, 6) is 0.341. The lowest BCUT2D eigenvalue weighted by Crippen LogP contribution is -2.58. The molecule has 0 spiro atoms. The van der Waals surface area contributed by atoms with E-state index in [1.807, 2.05) is 11.8 Å². The van der Waals surface area contributed by atoms with Crippen molar-refractivity contribution >= 4 is 57.4 Å². The van der Waals surface area contributed by atoms with Gasteiger partial charge in [-0.05, 0) is 88.9 Å². The van der Waals surface area contributed by atoms with E-state index in [2.05, 4.69) is 57.0 Å². The number of amides is 1. The molecule has 0 unspecified atom stereocenters. The second kappa shape index (κ2) is 10.4. The van der Waals surface area contributed by atoms with Crippen molar-refractivity contribution in [1.29, 1.82) is 0 Å². The Morgan fingerprint density at radius 1 is 1.13 bits per heavy atom. The van der Waals surface area contributed by atoms with Gasteiger partial charge >= 0.3 is 0 Å². The van der Waals surface area contributed by atoms with E-state index in [0.29, 0.717) is 17.9 Å². The Labute approximate surface area is 203 Å². The number of rotatable bonds is 6. The van der Waals surface area contributed by atoms with E-state index in [9.17, 15) is 14.0 Å². The Morgan fingerprint density at radius 2 is 1.77 bits per heavy atom. The molecular formula is C22H23FI2N2O3. The van der Waals surface area contributed by atoms with Gasteiger partial charge in [-0.25, -0.2) is 4.39 Å². The van der Waals surface area contributed by atoms with Crippen LogP contribution in [0.5, 0.6) is 5.75 Å². The highest BCUT2D eigenvalue weighted by Gasteiger charge is 2.32. The van der Waals surface area contributed by atoms with Gasteiger partial charge in [0.05, 0.1) is 7.14 Å². The molecule has 0 bridgehead atoms. The third-order valence-electron chi connectivity index (χ3n) is 5.23. The molecule has 1 aliphatic heterocycles. The van der Waals surface area contributed by atoms with Crippen LogP contribution in [0.4, 0.5) is 4.39 Å². The van der Waals surface area contributed by atoms with Crippen LogP contribution in [0.3, 0.4) is 0 Å². The SMILES string of the molecule is C[C@@H]1CN(Cc2ccc(F)cc2)[C@@H](C)CN1C(=O)COc1c(I)cc(C=O)cc1I. The number of carbonyl (C=O) groups excluding carboxylic acids is 2. The summed E-state index contributed by atoms with van der Waals surface area (Å²) in [6, 6.07) is 10.3. The van der Waals surface area contributed by atoms with Crippen LogP contribution in [-0.2, 0) is 11.3 Å². The van der Waals surface area contributed by atoms with E-state index >= 15 is 0 Å². The van der Waals surface area contributed by atoms with Crippen LogP contribution in [0.15, 0.2) is 36.4 Å². The first-order valence-electron chi connectivity index (χ1n) is 9.63. The van der Waals surface area contributed by atoms with Crippen molar-refractivity contribution in [1.82, 2.24) is 9.80 Å². The Balaban J connectivity index is 1.60. The maximum atomic E-state index is 13.1. The lowest BCUT2D eigenvalue weighted by Gasteiger charge is -2.44. The molecule has 2 atom stereocenters. The average Bonchev–Trinajstić information content (AvgIpc) is 2.71. The van der Waals surface area contributed by atoms with E-state index in [1.54, 1.807) is 24.3 Å². The molecule has 160 valence electrons. The number of ether oxygens (including phenoxy) is 1. The highest BCUT2D eigenvalue weighted by atomic mass is 127. The molecule has 1 heterocycles. The molecule has 2 aromatic rings. The monoisotopic (exact) mass is 636 g/mol. The van der Waals surface area contributed by atoms with E-state index < -0.39 is 0 Å². The fourth-order valence-electron chi connectivity index (χ4n) is 3.59. The van der Waals surface area contributed by atoms with Gasteiger partial charge < -0.3 is 9.64 Å². The van der Waals surface area contributed by atoms with Crippen LogP contribution in [0.2, 0.25) is 0 Å². The molecule has 0 radical (unpaired) electrons. The molecular weight excluding hydrogens is 613 g/mol. The number of nitrogens with zero attached hydrogens (tertiary/aromatic N) is 2. The average molecular weight is 636 g/mol. The summed E-state index contributed by atoms with van der Waals surface area (Å²) < 4.78 is 20.6. The number of benzene rings is 2. The van der Waals surface area contributed by atoms with Crippen LogP contribution in [0.25, 0.3) is 0 Å². The van der Waals surface area contributed by atoms with Crippen molar-refractivity contribution in [3.05, 3.63) is 60.5 Å². The predicted octanol–water partition coefficient (Wildman–Crippen LogP) is 4.35. The van der Waals surface area contributed by atoms with Crippen LogP contribution >= 0.6 is 45.2 Å². The molecule has 0 saturated carbocycles. The molecule has 1 saturated heterocycles. The van der Waals surface area contributed by atoms with E-state index in [1.165, 1.54) is 12.1 Å². The number of carbonyl (C=O) groups is 2. The Morgan fingerprint density at radius 3 is 2.37 bits per heavy atom. The van der Waals surface area contributed by atoms with Crippen molar-refractivity contribution < 1.29 is 18.7 Å². The van der Waals surface area contributed by atoms with Gasteiger partial charge in [-0.1, -0.05) is 12.1 Å². The van der Waals surface area contributed by atoms with Crippen molar-refractivity contribution in [3.63, 3.8) is 0 Å². The summed E-state index contributed by atoms with van der Waals surface area (Å²) in [6.07, 6.45) is 0.799. The van der Waals surface area contributed by atoms with Gasteiger partial charge in [0, 0.05) is 37.3 Å². The van der Waals surface area contributed by atoms with E-state index in [4.69, 9.17) is 4.74 Å². The zero-order valence-corrected chi connectivity index (χ0v) is 21.1. The van der Waals surface area contributed by atoms with Gasteiger partial charge in [0.25, 0.3) is 5.91 Å². The molecule has 0 aliphatic carbocycles. The lowest BCUT2D eigenvalue weighted by atomic mass is 10.1. The van der Waals surface area contributed by atoms with Crippen molar-refractivity contribution in [3.8, 4) is 5.75 Å². The van der Waals surface area contributed by atoms with Crippen molar-refractivity contribution in [2.24, 2.45) is 0 Å². The quantitative estimate of drug-likeness (QED) is 0.350. The minimum atomic E-state index is -0.235. The Hall–Kier alpha value is -1.27. The Bertz CT molecular complexity index is 900. The summed E-state index contributed by atoms with van der Waals surface area (Å²) in [4.78, 5) is 28.0. The summed E-state index contributed by atoms with van der Waals surface area (Å²) in [7, 11) is 0. The number of hydrogen-bond donors (Lipinski definition) is 0. The number of piperazine rings is 1. The van der Waals surface area contributed by atoms with Gasteiger partial charge in [0.1, 0.15) is 17.9 Å². The minimum Gasteiger partial charge on any atom is -0.482 e. The smallest absolute Gasteiger partial charge is 0.260 e. The van der Waals surface area contributed by atoms with E-state index in [-0.39, 0.29) is 30.4 Å². The maximum absolute atomic E-state index is 13.1. The summed E-state index contributed by atoms with van der Waals surface area (Å²) in [5.41, 5.74) is 1.64. The Kier molecular flexibility index (Phi) is 8.08. The fraction of sp³-hybridized carbons (Fsp3) is 0.364. The van der Waals surface area contributed by atoms with Crippen LogP contribution < -0.4 is 4.74 Å². The molecule has 8 heteroatoms. The molecule has 3 rings (SSSR count). The molecule has 0 N–H and O–H groups in total. The minimum absolute atomic E-state index is 0.0402. The van der Waals surface area contributed by atoms with Crippen LogP contribution in [0, 0.1) is 13.0 Å². The third-order valence-corrected chi connectivity index (χ3v) is 6.83.